The Hall–Kier alpha value is -1.07. The molecule has 4 nitrogen and oxygen atoms in total. The van der Waals surface area contributed by atoms with Gasteiger partial charge < -0.3 is 5.32 Å². The Kier molecular flexibility index (Phi) is 4.96. The molecule has 0 saturated heterocycles. The zero-order valence-electron chi connectivity index (χ0n) is 9.77. The van der Waals surface area contributed by atoms with Crippen molar-refractivity contribution in [3.05, 3.63) is 24.3 Å². The van der Waals surface area contributed by atoms with E-state index in [1.807, 2.05) is 6.92 Å². The minimum absolute atomic E-state index is 0.186. The summed E-state index contributed by atoms with van der Waals surface area (Å²) in [5.74, 6) is -0.186. The van der Waals surface area contributed by atoms with Crippen molar-refractivity contribution in [2.24, 2.45) is 4.36 Å². The highest BCUT2D eigenvalue weighted by Gasteiger charge is 2.09. The second kappa shape index (κ2) is 6.02. The Morgan fingerprint density at radius 2 is 2.24 bits per heavy atom. The fraction of sp³-hybridized carbons (Fsp3) is 0.364. The molecule has 1 unspecified atom stereocenters. The lowest BCUT2D eigenvalue weighted by atomic mass is 10.3. The number of hydrogen-bond acceptors (Lipinski definition) is 3. The zero-order valence-corrected chi connectivity index (χ0v) is 11.3. The van der Waals surface area contributed by atoms with Crippen molar-refractivity contribution >= 4 is 31.2 Å². The molecule has 1 amide bonds. The van der Waals surface area contributed by atoms with Crippen molar-refractivity contribution in [3.8, 4) is 0 Å². The largest absolute Gasteiger partial charge is 0.326 e. The van der Waals surface area contributed by atoms with Crippen LogP contribution in [0, 0.1) is 0 Å². The summed E-state index contributed by atoms with van der Waals surface area (Å²) in [4.78, 5) is 11.3. The normalized spacial score (nSPS) is 13.8. The van der Waals surface area contributed by atoms with Gasteiger partial charge in [0.2, 0.25) is 5.91 Å². The van der Waals surface area contributed by atoms with Crippen molar-refractivity contribution in [1.29, 1.82) is 0 Å². The Labute approximate surface area is 106 Å². The van der Waals surface area contributed by atoms with Gasteiger partial charge in [0.05, 0.1) is 4.90 Å². The number of nitrogens with zero attached hydrogens (tertiary/aromatic N) is 1. The highest BCUT2D eigenvalue weighted by atomic mass is 35.7. The molecule has 0 aliphatic carbocycles. The second-order valence-corrected chi connectivity index (χ2v) is 6.42. The molecule has 17 heavy (non-hydrogen) atoms. The maximum Gasteiger partial charge on any atom is 0.221 e. The van der Waals surface area contributed by atoms with Crippen molar-refractivity contribution in [2.45, 2.75) is 25.2 Å². The van der Waals surface area contributed by atoms with Crippen LogP contribution >= 0.6 is 10.7 Å². The first-order chi connectivity index (χ1) is 7.95. The SMILES string of the molecule is CCCN=S(=O)(Cl)c1cccc(NC(C)=O)c1. The van der Waals surface area contributed by atoms with Gasteiger partial charge >= 0.3 is 0 Å². The smallest absolute Gasteiger partial charge is 0.221 e. The Balaban J connectivity index is 3.07. The first-order valence-corrected chi connectivity index (χ1v) is 7.60. The number of carbonyl (C=O) groups is 1. The van der Waals surface area contributed by atoms with Gasteiger partial charge in [0, 0.05) is 29.8 Å². The molecule has 1 N–H and O–H groups in total. The summed E-state index contributed by atoms with van der Waals surface area (Å²) in [6.07, 6.45) is 0.787. The predicted molar refractivity (Wildman–Crippen MR) is 70.6 cm³/mol. The van der Waals surface area contributed by atoms with Crippen LogP contribution < -0.4 is 5.32 Å². The molecule has 94 valence electrons. The average Bonchev–Trinajstić information content (AvgIpc) is 2.26. The van der Waals surface area contributed by atoms with Gasteiger partial charge in [-0.25, -0.2) is 8.57 Å². The second-order valence-electron chi connectivity index (χ2n) is 3.52. The van der Waals surface area contributed by atoms with E-state index < -0.39 is 8.94 Å². The molecule has 0 aliphatic heterocycles. The molecular formula is C11H15ClN2O2S. The number of nitrogens with one attached hydrogen (secondary N) is 1. The lowest BCUT2D eigenvalue weighted by Crippen LogP contribution is -2.06. The van der Waals surface area contributed by atoms with E-state index in [4.69, 9.17) is 10.7 Å². The van der Waals surface area contributed by atoms with E-state index in [1.165, 1.54) is 6.92 Å². The minimum atomic E-state index is -2.88. The quantitative estimate of drug-likeness (QED) is 0.858. The van der Waals surface area contributed by atoms with E-state index >= 15 is 0 Å². The monoisotopic (exact) mass is 274 g/mol. The summed E-state index contributed by atoms with van der Waals surface area (Å²) < 4.78 is 16.0. The molecule has 1 aromatic carbocycles. The average molecular weight is 275 g/mol. The standard InChI is InChI=1S/C11H15ClN2O2S/c1-3-7-13-17(12,16)11-6-4-5-10(8-11)14-9(2)15/h4-6,8H,3,7H2,1-2H3,(H,14,15). The lowest BCUT2D eigenvalue weighted by Gasteiger charge is -2.05. The molecule has 1 atom stereocenters. The molecule has 0 fully saturated rings. The van der Waals surface area contributed by atoms with Gasteiger partial charge in [0.1, 0.15) is 0 Å². The summed E-state index contributed by atoms with van der Waals surface area (Å²) in [6, 6.07) is 6.61. The van der Waals surface area contributed by atoms with E-state index in [0.29, 0.717) is 17.1 Å². The molecular weight excluding hydrogens is 260 g/mol. The van der Waals surface area contributed by atoms with Crippen molar-refractivity contribution < 1.29 is 9.00 Å². The first-order valence-electron chi connectivity index (χ1n) is 5.26. The molecule has 0 spiro atoms. The first kappa shape index (κ1) is 14.0. The van der Waals surface area contributed by atoms with E-state index in [0.717, 1.165) is 6.42 Å². The van der Waals surface area contributed by atoms with Crippen LogP contribution in [-0.4, -0.2) is 16.7 Å². The van der Waals surface area contributed by atoms with Crippen LogP contribution in [0.3, 0.4) is 0 Å². The summed E-state index contributed by atoms with van der Waals surface area (Å²) in [5, 5.41) is 2.61. The van der Waals surface area contributed by atoms with Crippen molar-refractivity contribution in [1.82, 2.24) is 0 Å². The number of hydrogen-bond donors (Lipinski definition) is 1. The molecule has 1 rings (SSSR count). The lowest BCUT2D eigenvalue weighted by molar-refractivity contribution is -0.114. The zero-order chi connectivity index (χ0) is 12.9. The molecule has 0 aliphatic rings. The maximum atomic E-state index is 12.1. The van der Waals surface area contributed by atoms with Gasteiger partial charge in [0.15, 0.2) is 8.94 Å². The molecule has 0 heterocycles. The van der Waals surface area contributed by atoms with Crippen LogP contribution in [0.25, 0.3) is 0 Å². The fourth-order valence-electron chi connectivity index (χ4n) is 1.22. The van der Waals surface area contributed by atoms with Gasteiger partial charge in [0.25, 0.3) is 0 Å². The molecule has 0 bridgehead atoms. The van der Waals surface area contributed by atoms with Gasteiger partial charge in [-0.05, 0) is 24.6 Å². The number of amides is 1. The highest BCUT2D eigenvalue weighted by Crippen LogP contribution is 2.21. The number of anilines is 1. The van der Waals surface area contributed by atoms with Crippen LogP contribution in [0.4, 0.5) is 5.69 Å². The molecule has 1 aromatic rings. The van der Waals surface area contributed by atoms with Crippen LogP contribution in [0.15, 0.2) is 33.5 Å². The van der Waals surface area contributed by atoms with Gasteiger partial charge in [-0.3, -0.25) is 4.79 Å². The topological polar surface area (TPSA) is 58.5 Å². The third kappa shape index (κ3) is 4.36. The molecule has 6 heteroatoms. The summed E-state index contributed by atoms with van der Waals surface area (Å²) in [6.45, 7) is 3.79. The van der Waals surface area contributed by atoms with Gasteiger partial charge in [-0.15, -0.1) is 0 Å². The molecule has 0 saturated carbocycles. The number of rotatable bonds is 4. The van der Waals surface area contributed by atoms with E-state index in [9.17, 15) is 9.00 Å². The maximum absolute atomic E-state index is 12.1. The van der Waals surface area contributed by atoms with E-state index in [1.54, 1.807) is 24.3 Å². The van der Waals surface area contributed by atoms with E-state index in [2.05, 4.69) is 9.68 Å². The molecule has 0 aromatic heterocycles. The van der Waals surface area contributed by atoms with Crippen LogP contribution in [0.2, 0.25) is 0 Å². The van der Waals surface area contributed by atoms with Crippen LogP contribution in [-0.2, 0) is 13.7 Å². The van der Waals surface area contributed by atoms with E-state index in [-0.39, 0.29) is 5.91 Å². The van der Waals surface area contributed by atoms with Crippen molar-refractivity contribution in [2.75, 3.05) is 11.9 Å². The summed E-state index contributed by atoms with van der Waals surface area (Å²) in [5.41, 5.74) is 0.565. The molecule has 0 radical (unpaired) electrons. The van der Waals surface area contributed by atoms with Gasteiger partial charge in [-0.2, -0.15) is 0 Å². The Morgan fingerprint density at radius 1 is 1.53 bits per heavy atom. The van der Waals surface area contributed by atoms with Crippen molar-refractivity contribution in [3.63, 3.8) is 0 Å². The number of benzene rings is 1. The third-order valence-electron chi connectivity index (χ3n) is 1.93. The van der Waals surface area contributed by atoms with Gasteiger partial charge in [-0.1, -0.05) is 13.0 Å². The van der Waals surface area contributed by atoms with Crippen LogP contribution in [0.5, 0.6) is 0 Å². The predicted octanol–water partition coefficient (Wildman–Crippen LogP) is 3.04. The minimum Gasteiger partial charge on any atom is -0.326 e. The summed E-state index contributed by atoms with van der Waals surface area (Å²) in [7, 11) is 3.01. The Bertz CT molecular complexity index is 522. The number of halogens is 1. The van der Waals surface area contributed by atoms with Crippen LogP contribution in [0.1, 0.15) is 20.3 Å². The fourth-order valence-corrected chi connectivity index (χ4v) is 2.80. The third-order valence-corrected chi connectivity index (χ3v) is 4.10. The summed E-state index contributed by atoms with van der Waals surface area (Å²) >= 11 is 0. The Morgan fingerprint density at radius 3 is 2.82 bits per heavy atom. The number of carbonyl (C=O) groups excluding carboxylic acids is 1. The highest BCUT2D eigenvalue weighted by molar-refractivity contribution is 8.15.